The van der Waals surface area contributed by atoms with Crippen molar-refractivity contribution < 1.29 is 22.8 Å². The number of carbonyl (C=O) groups excluding carboxylic acids is 2. The highest BCUT2D eigenvalue weighted by molar-refractivity contribution is 6.31. The van der Waals surface area contributed by atoms with Gasteiger partial charge in [-0.1, -0.05) is 11.6 Å². The minimum absolute atomic E-state index is 0.0412. The zero-order valence-electron chi connectivity index (χ0n) is 12.3. The molecule has 1 fully saturated rings. The van der Waals surface area contributed by atoms with Crippen LogP contribution in [0.25, 0.3) is 0 Å². The molecule has 1 aliphatic rings. The Balaban J connectivity index is 2.11. The molecule has 2 rings (SSSR count). The van der Waals surface area contributed by atoms with Crippen LogP contribution in [0.15, 0.2) is 18.2 Å². The van der Waals surface area contributed by atoms with Crippen LogP contribution in [-0.2, 0) is 9.59 Å². The molecule has 9 heteroatoms. The van der Waals surface area contributed by atoms with Crippen LogP contribution in [-0.4, -0.2) is 49.1 Å². The van der Waals surface area contributed by atoms with Crippen LogP contribution in [0.4, 0.5) is 24.5 Å². The molecule has 0 aliphatic carbocycles. The Kier molecular flexibility index (Phi) is 5.03. The van der Waals surface area contributed by atoms with Crippen molar-refractivity contribution >= 4 is 34.8 Å². The molecule has 0 bridgehead atoms. The molecule has 23 heavy (non-hydrogen) atoms. The number of hydrogen-bond acceptors (Lipinski definition) is 3. The number of amides is 2. The maximum Gasteiger partial charge on any atom is 0.471 e. The zero-order chi connectivity index (χ0) is 17.2. The number of piperazine rings is 1. The molecular weight excluding hydrogens is 335 g/mol. The van der Waals surface area contributed by atoms with E-state index in [9.17, 15) is 22.8 Å². The second-order valence-corrected chi connectivity index (χ2v) is 5.56. The van der Waals surface area contributed by atoms with Crippen molar-refractivity contribution in [3.8, 4) is 0 Å². The molecule has 1 aromatic carbocycles. The molecule has 1 saturated heterocycles. The Morgan fingerprint density at radius 2 is 1.78 bits per heavy atom. The van der Waals surface area contributed by atoms with Crippen LogP contribution in [0.5, 0.6) is 0 Å². The fourth-order valence-corrected chi connectivity index (χ4v) is 2.58. The van der Waals surface area contributed by atoms with Crippen LogP contribution in [0.2, 0.25) is 5.02 Å². The van der Waals surface area contributed by atoms with Crippen molar-refractivity contribution in [3.05, 3.63) is 23.2 Å². The predicted molar refractivity (Wildman–Crippen MR) is 80.6 cm³/mol. The van der Waals surface area contributed by atoms with Gasteiger partial charge in [-0.2, -0.15) is 13.2 Å². The lowest BCUT2D eigenvalue weighted by Crippen LogP contribution is -2.52. The smallest absolute Gasteiger partial charge is 0.366 e. The summed E-state index contributed by atoms with van der Waals surface area (Å²) in [6.45, 7) is 1.73. The lowest BCUT2D eigenvalue weighted by Gasteiger charge is -2.37. The minimum Gasteiger partial charge on any atom is -0.366 e. The van der Waals surface area contributed by atoms with E-state index in [1.165, 1.54) is 6.92 Å². The molecule has 1 aliphatic heterocycles. The fourth-order valence-electron chi connectivity index (χ4n) is 2.40. The summed E-state index contributed by atoms with van der Waals surface area (Å²) >= 11 is 5.91. The van der Waals surface area contributed by atoms with Crippen molar-refractivity contribution in [1.29, 1.82) is 0 Å². The van der Waals surface area contributed by atoms with E-state index in [0.29, 0.717) is 16.4 Å². The summed E-state index contributed by atoms with van der Waals surface area (Å²) in [5.41, 5.74) is 1.14. The number of halogens is 4. The van der Waals surface area contributed by atoms with E-state index in [4.69, 9.17) is 11.6 Å². The lowest BCUT2D eigenvalue weighted by molar-refractivity contribution is -0.185. The van der Waals surface area contributed by atoms with Gasteiger partial charge in [-0.25, -0.2) is 0 Å². The number of hydrogen-bond donors (Lipinski definition) is 1. The third kappa shape index (κ3) is 4.28. The van der Waals surface area contributed by atoms with Gasteiger partial charge < -0.3 is 15.1 Å². The Labute approximate surface area is 136 Å². The molecule has 5 nitrogen and oxygen atoms in total. The normalized spacial score (nSPS) is 15.5. The Hall–Kier alpha value is -1.96. The quantitative estimate of drug-likeness (QED) is 0.892. The highest BCUT2D eigenvalue weighted by atomic mass is 35.5. The summed E-state index contributed by atoms with van der Waals surface area (Å²) in [6.07, 6.45) is -4.86. The van der Waals surface area contributed by atoms with Gasteiger partial charge in [0.05, 0.1) is 11.4 Å². The Bertz CT molecular complexity index is 614. The molecule has 0 saturated carbocycles. The van der Waals surface area contributed by atoms with Gasteiger partial charge in [0.2, 0.25) is 5.91 Å². The van der Waals surface area contributed by atoms with E-state index in [2.05, 4.69) is 5.32 Å². The zero-order valence-corrected chi connectivity index (χ0v) is 13.0. The molecule has 1 aromatic rings. The summed E-state index contributed by atoms with van der Waals surface area (Å²) in [5, 5.41) is 3.08. The molecule has 0 atom stereocenters. The highest BCUT2D eigenvalue weighted by Crippen LogP contribution is 2.30. The van der Waals surface area contributed by atoms with Gasteiger partial charge in [0.15, 0.2) is 0 Å². The number of alkyl halides is 3. The van der Waals surface area contributed by atoms with Gasteiger partial charge in [0.1, 0.15) is 0 Å². The van der Waals surface area contributed by atoms with Crippen LogP contribution in [0.1, 0.15) is 6.92 Å². The first-order valence-corrected chi connectivity index (χ1v) is 7.24. The van der Waals surface area contributed by atoms with Gasteiger partial charge in [-0.05, 0) is 18.2 Å². The Morgan fingerprint density at radius 1 is 1.17 bits per heavy atom. The first-order chi connectivity index (χ1) is 10.7. The molecule has 1 N–H and O–H groups in total. The van der Waals surface area contributed by atoms with E-state index in [0.717, 1.165) is 4.90 Å². The van der Waals surface area contributed by atoms with Crippen LogP contribution < -0.4 is 10.2 Å². The van der Waals surface area contributed by atoms with Gasteiger partial charge in [0.25, 0.3) is 0 Å². The number of anilines is 2. The average molecular weight is 350 g/mol. The maximum absolute atomic E-state index is 12.4. The molecule has 126 valence electrons. The lowest BCUT2D eigenvalue weighted by atomic mass is 10.2. The maximum atomic E-state index is 12.4. The van der Waals surface area contributed by atoms with E-state index < -0.39 is 12.1 Å². The Morgan fingerprint density at radius 3 is 2.30 bits per heavy atom. The largest absolute Gasteiger partial charge is 0.471 e. The van der Waals surface area contributed by atoms with E-state index in [1.54, 1.807) is 18.2 Å². The second-order valence-electron chi connectivity index (χ2n) is 5.12. The minimum atomic E-state index is -4.86. The van der Waals surface area contributed by atoms with Gasteiger partial charge in [0, 0.05) is 38.1 Å². The molecule has 0 aromatic heterocycles. The van der Waals surface area contributed by atoms with Crippen molar-refractivity contribution in [2.75, 3.05) is 36.4 Å². The van der Waals surface area contributed by atoms with Crippen molar-refractivity contribution in [3.63, 3.8) is 0 Å². The fraction of sp³-hybridized carbons (Fsp3) is 0.429. The van der Waals surface area contributed by atoms with E-state index in [1.807, 2.05) is 4.90 Å². The summed E-state index contributed by atoms with van der Waals surface area (Å²) in [5.74, 6) is -2.10. The third-order valence-electron chi connectivity index (χ3n) is 3.42. The summed E-state index contributed by atoms with van der Waals surface area (Å²) < 4.78 is 37.3. The van der Waals surface area contributed by atoms with Gasteiger partial charge in [-0.3, -0.25) is 9.59 Å². The van der Waals surface area contributed by atoms with Gasteiger partial charge >= 0.3 is 12.1 Å². The van der Waals surface area contributed by atoms with Crippen molar-refractivity contribution in [2.24, 2.45) is 0 Å². The summed E-state index contributed by atoms with van der Waals surface area (Å²) in [4.78, 5) is 25.1. The standard InChI is InChI=1S/C14H15ClF3N3O2/c1-9(22)19-11-8-10(15)2-3-12(11)20-4-6-21(7-5-20)13(23)14(16,17)18/h2-3,8H,4-7H2,1H3,(H,19,22). The second kappa shape index (κ2) is 6.66. The topological polar surface area (TPSA) is 52.7 Å². The molecule has 1 heterocycles. The summed E-state index contributed by atoms with van der Waals surface area (Å²) in [6, 6.07) is 4.90. The number of rotatable bonds is 2. The third-order valence-corrected chi connectivity index (χ3v) is 3.65. The number of benzene rings is 1. The van der Waals surface area contributed by atoms with Crippen LogP contribution in [0.3, 0.4) is 0 Å². The van der Waals surface area contributed by atoms with Crippen molar-refractivity contribution in [2.45, 2.75) is 13.1 Å². The number of carbonyl (C=O) groups is 2. The van der Waals surface area contributed by atoms with Gasteiger partial charge in [-0.15, -0.1) is 0 Å². The first-order valence-electron chi connectivity index (χ1n) is 6.86. The van der Waals surface area contributed by atoms with E-state index >= 15 is 0 Å². The molecule has 2 amide bonds. The van der Waals surface area contributed by atoms with Crippen LogP contribution >= 0.6 is 11.6 Å². The molecule has 0 radical (unpaired) electrons. The number of nitrogens with zero attached hydrogens (tertiary/aromatic N) is 2. The molecular formula is C14H15ClF3N3O2. The van der Waals surface area contributed by atoms with E-state index in [-0.39, 0.29) is 32.1 Å². The predicted octanol–water partition coefficient (Wildman–Crippen LogP) is 2.51. The number of nitrogens with one attached hydrogen (secondary N) is 1. The van der Waals surface area contributed by atoms with Crippen LogP contribution in [0, 0.1) is 0 Å². The monoisotopic (exact) mass is 349 g/mol. The molecule has 0 spiro atoms. The average Bonchev–Trinajstić information content (AvgIpc) is 2.45. The molecule has 0 unspecified atom stereocenters. The first kappa shape index (κ1) is 17.4. The summed E-state index contributed by atoms with van der Waals surface area (Å²) in [7, 11) is 0. The van der Waals surface area contributed by atoms with Crippen molar-refractivity contribution in [1.82, 2.24) is 4.90 Å². The SMILES string of the molecule is CC(=O)Nc1cc(Cl)ccc1N1CCN(C(=O)C(F)(F)F)CC1. The highest BCUT2D eigenvalue weighted by Gasteiger charge is 2.43.